The average Bonchev–Trinajstić information content (AvgIpc) is 3.92. The van der Waals surface area contributed by atoms with E-state index in [1.54, 1.807) is 17.0 Å². The van der Waals surface area contributed by atoms with E-state index in [4.69, 9.17) is 10.00 Å². The van der Waals surface area contributed by atoms with Crippen molar-refractivity contribution in [3.63, 3.8) is 0 Å². The Morgan fingerprint density at radius 2 is 1.52 bits per heavy atom. The highest BCUT2D eigenvalue weighted by atomic mass is 16.5. The van der Waals surface area contributed by atoms with Gasteiger partial charge in [-0.1, -0.05) is 12.1 Å². The van der Waals surface area contributed by atoms with E-state index in [-0.39, 0.29) is 35.7 Å². The Morgan fingerprint density at radius 3 is 2.14 bits per heavy atom. The van der Waals surface area contributed by atoms with Gasteiger partial charge >= 0.3 is 0 Å². The van der Waals surface area contributed by atoms with Gasteiger partial charge in [-0.15, -0.1) is 0 Å². The van der Waals surface area contributed by atoms with Crippen LogP contribution in [0.1, 0.15) is 80.9 Å². The van der Waals surface area contributed by atoms with Crippen molar-refractivity contribution in [2.24, 2.45) is 5.92 Å². The van der Waals surface area contributed by atoms with Crippen molar-refractivity contribution >= 4 is 17.6 Å². The summed E-state index contributed by atoms with van der Waals surface area (Å²) in [5.41, 5.74) is 3.35. The maximum Gasteiger partial charge on any atom is 0.272 e. The zero-order valence-corrected chi connectivity index (χ0v) is 24.8. The maximum atomic E-state index is 13.1. The highest BCUT2D eigenvalue weighted by Crippen LogP contribution is 2.33. The van der Waals surface area contributed by atoms with E-state index in [2.05, 4.69) is 21.3 Å². The van der Waals surface area contributed by atoms with Crippen LogP contribution in [0.2, 0.25) is 0 Å². The quantitative estimate of drug-likeness (QED) is 0.361. The van der Waals surface area contributed by atoms with Crippen molar-refractivity contribution in [1.29, 1.82) is 5.26 Å². The molecule has 9 heteroatoms. The minimum atomic E-state index is -0.176. The van der Waals surface area contributed by atoms with Crippen molar-refractivity contribution in [3.8, 4) is 11.8 Å². The second-order valence-corrected chi connectivity index (χ2v) is 12.0. The Balaban J connectivity index is 0.924. The fraction of sp³-hybridized carbons (Fsp3) is 0.400. The fourth-order valence-corrected chi connectivity index (χ4v) is 5.91. The first-order chi connectivity index (χ1) is 21.4. The predicted molar refractivity (Wildman–Crippen MR) is 164 cm³/mol. The maximum absolute atomic E-state index is 13.1. The van der Waals surface area contributed by atoms with Gasteiger partial charge in [-0.2, -0.15) is 5.26 Å². The number of nitriles is 1. The molecule has 6 rings (SSSR count). The zero-order valence-electron chi connectivity index (χ0n) is 24.8. The number of nitrogens with one attached hydrogen (secondary N) is 1. The molecule has 0 unspecified atom stereocenters. The Labute approximate surface area is 257 Å². The molecule has 0 atom stereocenters. The number of piperidine rings is 2. The number of ketones is 1. The number of rotatable bonds is 9. The van der Waals surface area contributed by atoms with E-state index >= 15 is 0 Å². The third-order valence-corrected chi connectivity index (χ3v) is 8.78. The number of likely N-dealkylation sites (tertiary alicyclic amines) is 2. The van der Waals surface area contributed by atoms with Crippen molar-refractivity contribution in [2.45, 2.75) is 57.2 Å². The van der Waals surface area contributed by atoms with E-state index in [0.717, 1.165) is 56.6 Å². The molecule has 3 aromatic rings. The molecule has 9 nitrogen and oxygen atoms in total. The number of amides is 2. The monoisotopic (exact) mass is 591 g/mol. The van der Waals surface area contributed by atoms with Gasteiger partial charge in [0, 0.05) is 69.3 Å². The van der Waals surface area contributed by atoms with Crippen molar-refractivity contribution in [3.05, 3.63) is 94.8 Å². The van der Waals surface area contributed by atoms with Gasteiger partial charge in [0.05, 0.1) is 17.2 Å². The van der Waals surface area contributed by atoms with Gasteiger partial charge in [-0.3, -0.25) is 24.3 Å². The number of hydrogen-bond donors (Lipinski definition) is 1. The zero-order chi connectivity index (χ0) is 30.5. The van der Waals surface area contributed by atoms with Crippen LogP contribution < -0.4 is 10.1 Å². The number of benzene rings is 2. The molecule has 1 aliphatic carbocycles. The molecule has 226 valence electrons. The molecule has 2 aromatic carbocycles. The number of ether oxygens (including phenoxy) is 1. The summed E-state index contributed by atoms with van der Waals surface area (Å²) in [6.07, 6.45) is 6.61. The highest BCUT2D eigenvalue weighted by Gasteiger charge is 2.30. The van der Waals surface area contributed by atoms with Crippen LogP contribution in [0.5, 0.6) is 5.75 Å². The number of hydrogen-bond acceptors (Lipinski definition) is 7. The molecule has 44 heavy (non-hydrogen) atoms. The third kappa shape index (κ3) is 7.32. The molecule has 3 aliphatic rings. The normalized spacial score (nSPS) is 17.9. The molecular weight excluding hydrogens is 554 g/mol. The largest absolute Gasteiger partial charge is 0.490 e. The summed E-state index contributed by atoms with van der Waals surface area (Å²) in [6.45, 7) is 3.72. The highest BCUT2D eigenvalue weighted by molar-refractivity contribution is 5.99. The van der Waals surface area contributed by atoms with Gasteiger partial charge in [0.2, 0.25) is 0 Å². The first kappa shape index (κ1) is 29.5. The second kappa shape index (κ2) is 13.4. The molecule has 2 aliphatic heterocycles. The summed E-state index contributed by atoms with van der Waals surface area (Å²) < 4.78 is 6.12. The number of nitrogens with zero attached hydrogens (tertiary/aromatic N) is 4. The van der Waals surface area contributed by atoms with Crippen molar-refractivity contribution in [1.82, 2.24) is 20.1 Å². The van der Waals surface area contributed by atoms with Gasteiger partial charge in [0.1, 0.15) is 17.5 Å². The molecule has 3 fully saturated rings. The minimum Gasteiger partial charge on any atom is -0.490 e. The molecule has 0 bridgehead atoms. The fourth-order valence-electron chi connectivity index (χ4n) is 5.91. The number of carbonyl (C=O) groups is 3. The summed E-state index contributed by atoms with van der Waals surface area (Å²) in [6, 6.07) is 20.6. The van der Waals surface area contributed by atoms with Gasteiger partial charge in [0.25, 0.3) is 11.8 Å². The number of aromatic nitrogens is 1. The van der Waals surface area contributed by atoms with Gasteiger partial charge in [-0.05, 0) is 79.8 Å². The Kier molecular flexibility index (Phi) is 8.99. The van der Waals surface area contributed by atoms with Gasteiger partial charge in [-0.25, -0.2) is 0 Å². The van der Waals surface area contributed by atoms with Gasteiger partial charge in [0.15, 0.2) is 5.78 Å². The molecule has 1 aromatic heterocycles. The Bertz CT molecular complexity index is 1510. The minimum absolute atomic E-state index is 0.00546. The summed E-state index contributed by atoms with van der Waals surface area (Å²) >= 11 is 0. The summed E-state index contributed by atoms with van der Waals surface area (Å²) in [4.78, 5) is 46.7. The summed E-state index contributed by atoms with van der Waals surface area (Å²) in [7, 11) is 0. The molecule has 0 radical (unpaired) electrons. The topological polar surface area (TPSA) is 116 Å². The average molecular weight is 592 g/mol. The van der Waals surface area contributed by atoms with E-state index in [9.17, 15) is 14.4 Å². The van der Waals surface area contributed by atoms with Crippen LogP contribution in [0.4, 0.5) is 0 Å². The van der Waals surface area contributed by atoms with Crippen LogP contribution in [-0.4, -0.2) is 70.7 Å². The van der Waals surface area contributed by atoms with E-state index in [1.807, 2.05) is 48.5 Å². The number of carbonyl (C=O) groups excluding carboxylic acids is 3. The summed E-state index contributed by atoms with van der Waals surface area (Å²) in [5, 5.41) is 12.1. The summed E-state index contributed by atoms with van der Waals surface area (Å²) in [5.74, 6) is 0.845. The van der Waals surface area contributed by atoms with Crippen LogP contribution in [0, 0.1) is 17.2 Å². The van der Waals surface area contributed by atoms with Crippen LogP contribution in [0.25, 0.3) is 0 Å². The SMILES string of the molecule is N#Cc1ccc(CN2CCC(NC(=O)c3ccc(C(=O)N4CCC(Oc5ccc(C(=O)C6CC6)cc5)CC4)nc3)CC2)cc1. The van der Waals surface area contributed by atoms with Crippen LogP contribution in [0.15, 0.2) is 66.9 Å². The molecule has 0 spiro atoms. The van der Waals surface area contributed by atoms with Gasteiger partial charge < -0.3 is 15.0 Å². The molecule has 2 amide bonds. The number of pyridine rings is 1. The molecule has 3 heterocycles. The lowest BCUT2D eigenvalue weighted by Crippen LogP contribution is -2.44. The lowest BCUT2D eigenvalue weighted by atomic mass is 10.0. The Hall–Kier alpha value is -4.55. The lowest BCUT2D eigenvalue weighted by Gasteiger charge is -2.32. The van der Waals surface area contributed by atoms with Crippen LogP contribution >= 0.6 is 0 Å². The number of Topliss-reactive ketones (excluding diaryl/α,β-unsaturated/α-hetero) is 1. The second-order valence-electron chi connectivity index (χ2n) is 12.0. The van der Waals surface area contributed by atoms with Crippen molar-refractivity contribution < 1.29 is 19.1 Å². The smallest absolute Gasteiger partial charge is 0.272 e. The molecule has 2 saturated heterocycles. The first-order valence-corrected chi connectivity index (χ1v) is 15.5. The van der Waals surface area contributed by atoms with E-state index in [0.29, 0.717) is 42.8 Å². The third-order valence-electron chi connectivity index (χ3n) is 8.78. The first-order valence-electron chi connectivity index (χ1n) is 15.5. The van der Waals surface area contributed by atoms with Crippen molar-refractivity contribution in [2.75, 3.05) is 26.2 Å². The van der Waals surface area contributed by atoms with E-state index in [1.165, 1.54) is 11.8 Å². The lowest BCUT2D eigenvalue weighted by molar-refractivity contribution is 0.0589. The van der Waals surface area contributed by atoms with E-state index < -0.39 is 0 Å². The predicted octanol–water partition coefficient (Wildman–Crippen LogP) is 4.62. The van der Waals surface area contributed by atoms with Crippen LogP contribution in [-0.2, 0) is 6.54 Å². The molecular formula is C35H37N5O4. The standard InChI is InChI=1S/C35H37N5O4/c36-21-24-1-3-25(4-2-24)23-39-17-13-29(14-18-39)38-34(42)28-9-12-32(37-22-28)35(43)40-19-15-31(16-20-40)44-30-10-7-27(8-11-30)33(41)26-5-6-26/h1-4,7-12,22,26,29,31H,5-6,13-20,23H2,(H,38,42). The van der Waals surface area contributed by atoms with Crippen LogP contribution in [0.3, 0.4) is 0 Å². The molecule has 1 saturated carbocycles. The Morgan fingerprint density at radius 1 is 0.841 bits per heavy atom. The molecule has 1 N–H and O–H groups in total.